The molecule has 1 aliphatic rings. The lowest BCUT2D eigenvalue weighted by Gasteiger charge is -2.35. The third-order valence-electron chi connectivity index (χ3n) is 3.28. The topological polar surface area (TPSA) is 56.3 Å². The van der Waals surface area contributed by atoms with Gasteiger partial charge in [-0.2, -0.15) is 11.8 Å². The molecule has 2 rings (SSSR count). The lowest BCUT2D eigenvalue weighted by Crippen LogP contribution is -2.42. The fraction of sp³-hybridized carbons (Fsp3) is 0.667. The van der Waals surface area contributed by atoms with Crippen molar-refractivity contribution in [2.24, 2.45) is 0 Å². The average Bonchev–Trinajstić information content (AvgIpc) is 2.46. The minimum Gasteiger partial charge on any atom is -0.481 e. The minimum absolute atomic E-state index is 0.0660. The first-order chi connectivity index (χ1) is 8.78. The van der Waals surface area contributed by atoms with Crippen molar-refractivity contribution in [2.45, 2.75) is 18.4 Å². The molecule has 0 spiro atoms. The summed E-state index contributed by atoms with van der Waals surface area (Å²) in [5.41, 5.74) is -0.0660. The van der Waals surface area contributed by atoms with Crippen LogP contribution in [0.4, 0.5) is 5.82 Å². The van der Waals surface area contributed by atoms with Crippen LogP contribution >= 0.6 is 11.8 Å². The van der Waals surface area contributed by atoms with E-state index < -0.39 is 0 Å². The summed E-state index contributed by atoms with van der Waals surface area (Å²) in [4.78, 5) is 8.16. The molecule has 1 N–H and O–H groups in total. The van der Waals surface area contributed by atoms with E-state index in [4.69, 9.17) is 9.47 Å². The summed E-state index contributed by atoms with van der Waals surface area (Å²) in [6.07, 6.45) is 3.64. The monoisotopic (exact) mass is 269 g/mol. The molecule has 0 bridgehead atoms. The highest BCUT2D eigenvalue weighted by Crippen LogP contribution is 2.30. The van der Waals surface area contributed by atoms with Gasteiger partial charge in [-0.15, -0.1) is 0 Å². The maximum absolute atomic E-state index is 5.71. The highest BCUT2D eigenvalue weighted by atomic mass is 32.2. The van der Waals surface area contributed by atoms with E-state index in [1.807, 2.05) is 11.8 Å². The highest BCUT2D eigenvalue weighted by molar-refractivity contribution is 7.99. The van der Waals surface area contributed by atoms with Gasteiger partial charge in [-0.1, -0.05) is 0 Å². The van der Waals surface area contributed by atoms with Crippen LogP contribution < -0.4 is 10.1 Å². The molecule has 1 aromatic rings. The Bertz CT molecular complexity index is 383. The van der Waals surface area contributed by atoms with Gasteiger partial charge in [-0.3, -0.25) is 0 Å². The summed E-state index contributed by atoms with van der Waals surface area (Å²) in [6, 6.07) is 1.79. The summed E-state index contributed by atoms with van der Waals surface area (Å²) in [6.45, 7) is 0.768. The van der Waals surface area contributed by atoms with Crippen LogP contribution in [0, 0.1) is 0 Å². The zero-order chi connectivity index (χ0) is 12.8. The number of aromatic nitrogens is 2. The molecule has 0 aliphatic carbocycles. The zero-order valence-corrected chi connectivity index (χ0v) is 11.6. The second kappa shape index (κ2) is 6.24. The number of nitrogens with zero attached hydrogens (tertiary/aromatic N) is 2. The molecule has 1 aliphatic heterocycles. The molecule has 0 radical (unpaired) electrons. The van der Waals surface area contributed by atoms with Gasteiger partial charge >= 0.3 is 0 Å². The molecule has 0 atom stereocenters. The maximum Gasteiger partial charge on any atom is 0.218 e. The van der Waals surface area contributed by atoms with E-state index in [2.05, 4.69) is 15.3 Å². The second-order valence-corrected chi connectivity index (χ2v) is 5.52. The molecule has 1 aromatic heterocycles. The Hall–Kier alpha value is -1.01. The Kier molecular flexibility index (Phi) is 4.66. The number of rotatable bonds is 5. The van der Waals surface area contributed by atoms with Crippen LogP contribution in [0.25, 0.3) is 0 Å². The molecule has 100 valence electrons. The van der Waals surface area contributed by atoms with Crippen LogP contribution in [-0.2, 0) is 4.74 Å². The van der Waals surface area contributed by atoms with Crippen molar-refractivity contribution in [2.75, 3.05) is 37.6 Å². The predicted octanol–water partition coefficient (Wildman–Crippen LogP) is 1.81. The van der Waals surface area contributed by atoms with E-state index in [9.17, 15) is 0 Å². The Morgan fingerprint density at radius 2 is 2.11 bits per heavy atom. The van der Waals surface area contributed by atoms with Crippen molar-refractivity contribution in [3.05, 3.63) is 12.4 Å². The first-order valence-electron chi connectivity index (χ1n) is 6.01. The van der Waals surface area contributed by atoms with Crippen molar-refractivity contribution in [3.63, 3.8) is 0 Å². The second-order valence-electron chi connectivity index (χ2n) is 4.30. The van der Waals surface area contributed by atoms with Crippen LogP contribution in [0.2, 0.25) is 0 Å². The van der Waals surface area contributed by atoms with Gasteiger partial charge in [0.25, 0.3) is 0 Å². The normalized spacial score (nSPS) is 18.3. The third-order valence-corrected chi connectivity index (χ3v) is 4.27. The lowest BCUT2D eigenvalue weighted by atomic mass is 9.96. The van der Waals surface area contributed by atoms with E-state index in [1.54, 1.807) is 20.3 Å². The number of nitrogens with one attached hydrogen (secondary N) is 1. The molecule has 5 nitrogen and oxygen atoms in total. The van der Waals surface area contributed by atoms with E-state index >= 15 is 0 Å². The van der Waals surface area contributed by atoms with Gasteiger partial charge in [0.1, 0.15) is 12.1 Å². The molecule has 1 fully saturated rings. The van der Waals surface area contributed by atoms with E-state index in [0.717, 1.165) is 36.7 Å². The molecule has 18 heavy (non-hydrogen) atoms. The minimum atomic E-state index is -0.0660. The molecule has 0 unspecified atom stereocenters. The molecule has 1 saturated heterocycles. The largest absolute Gasteiger partial charge is 0.481 e. The van der Waals surface area contributed by atoms with Crippen LogP contribution in [0.15, 0.2) is 12.4 Å². The summed E-state index contributed by atoms with van der Waals surface area (Å²) < 4.78 is 10.8. The molecular weight excluding hydrogens is 250 g/mol. The third kappa shape index (κ3) is 3.26. The van der Waals surface area contributed by atoms with Crippen molar-refractivity contribution in [1.29, 1.82) is 0 Å². The number of thioether (sulfide) groups is 1. The molecule has 0 amide bonds. The van der Waals surface area contributed by atoms with Gasteiger partial charge in [0.2, 0.25) is 5.88 Å². The Labute approximate surface area is 112 Å². The van der Waals surface area contributed by atoms with Crippen molar-refractivity contribution < 1.29 is 9.47 Å². The fourth-order valence-electron chi connectivity index (χ4n) is 2.00. The van der Waals surface area contributed by atoms with Crippen LogP contribution in [0.5, 0.6) is 5.88 Å². The van der Waals surface area contributed by atoms with Gasteiger partial charge in [0.05, 0.1) is 12.7 Å². The first-order valence-corrected chi connectivity index (χ1v) is 7.16. The van der Waals surface area contributed by atoms with E-state index in [1.165, 1.54) is 6.33 Å². The number of methoxy groups -OCH3 is 2. The lowest BCUT2D eigenvalue weighted by molar-refractivity contribution is -0.00554. The molecule has 2 heterocycles. The van der Waals surface area contributed by atoms with Crippen LogP contribution in [0.1, 0.15) is 12.8 Å². The average molecular weight is 269 g/mol. The van der Waals surface area contributed by atoms with E-state index in [-0.39, 0.29) is 5.60 Å². The highest BCUT2D eigenvalue weighted by Gasteiger charge is 2.31. The molecule has 0 saturated carbocycles. The summed E-state index contributed by atoms with van der Waals surface area (Å²) in [5.74, 6) is 3.65. The summed E-state index contributed by atoms with van der Waals surface area (Å²) in [7, 11) is 3.39. The fourth-order valence-corrected chi connectivity index (χ4v) is 3.23. The number of ether oxygens (including phenoxy) is 2. The smallest absolute Gasteiger partial charge is 0.218 e. The number of hydrogen-bond donors (Lipinski definition) is 1. The van der Waals surface area contributed by atoms with Gasteiger partial charge in [0.15, 0.2) is 0 Å². The van der Waals surface area contributed by atoms with Gasteiger partial charge in [-0.05, 0) is 24.3 Å². The molecular formula is C12H19N3O2S. The van der Waals surface area contributed by atoms with Crippen molar-refractivity contribution in [1.82, 2.24) is 9.97 Å². The van der Waals surface area contributed by atoms with Gasteiger partial charge in [-0.25, -0.2) is 9.97 Å². The van der Waals surface area contributed by atoms with E-state index in [0.29, 0.717) is 5.88 Å². The first kappa shape index (κ1) is 13.4. The van der Waals surface area contributed by atoms with Gasteiger partial charge < -0.3 is 14.8 Å². The Morgan fingerprint density at radius 1 is 1.33 bits per heavy atom. The SMILES string of the molecule is COc1cc(NCC2(OC)CCSCC2)ncn1. The predicted molar refractivity (Wildman–Crippen MR) is 73.4 cm³/mol. The summed E-state index contributed by atoms with van der Waals surface area (Å²) in [5, 5.41) is 3.32. The van der Waals surface area contributed by atoms with Gasteiger partial charge in [0, 0.05) is 19.7 Å². The number of hydrogen-bond acceptors (Lipinski definition) is 6. The standard InChI is InChI=1S/C12H19N3O2S/c1-16-11-7-10(14-9-15-11)13-8-12(17-2)3-5-18-6-4-12/h7,9H,3-6,8H2,1-2H3,(H,13,14,15). The Balaban J connectivity index is 1.96. The zero-order valence-electron chi connectivity index (χ0n) is 10.8. The number of anilines is 1. The quantitative estimate of drug-likeness (QED) is 0.880. The molecule has 6 heteroatoms. The van der Waals surface area contributed by atoms with Crippen LogP contribution in [0.3, 0.4) is 0 Å². The van der Waals surface area contributed by atoms with Crippen molar-refractivity contribution in [3.8, 4) is 5.88 Å². The summed E-state index contributed by atoms with van der Waals surface area (Å²) >= 11 is 1.99. The maximum atomic E-state index is 5.71. The van der Waals surface area contributed by atoms with Crippen LogP contribution in [-0.4, -0.2) is 47.8 Å². The van der Waals surface area contributed by atoms with Crippen molar-refractivity contribution >= 4 is 17.6 Å². The Morgan fingerprint density at radius 3 is 2.78 bits per heavy atom. The molecule has 0 aromatic carbocycles.